The molecule has 6 heterocycles. The molecule has 7 bridgehead atoms. The summed E-state index contributed by atoms with van der Waals surface area (Å²) in [7, 11) is 0. The van der Waals surface area contributed by atoms with Crippen molar-refractivity contribution in [1.82, 2.24) is 51.8 Å². The van der Waals surface area contributed by atoms with Crippen LogP contribution in [0.2, 0.25) is 0 Å². The molecule has 2 aromatic heterocycles. The Kier molecular flexibility index (Phi) is 15.6. The van der Waals surface area contributed by atoms with Crippen molar-refractivity contribution in [2.24, 2.45) is 34.2 Å². The van der Waals surface area contributed by atoms with Crippen molar-refractivity contribution in [2.45, 2.75) is 135 Å². The number of hydrogen-bond acceptors (Lipinski definition) is 10. The van der Waals surface area contributed by atoms with Gasteiger partial charge in [-0.25, -0.2) is 9.78 Å². The molecule has 1 aromatic carbocycles. The molecule has 67 heavy (non-hydrogen) atoms. The number of nitrogens with one attached hydrogen (secondary N) is 8. The van der Waals surface area contributed by atoms with E-state index in [2.05, 4.69) is 52.2 Å². The van der Waals surface area contributed by atoms with Crippen LogP contribution in [0.3, 0.4) is 0 Å². The fourth-order valence-electron chi connectivity index (χ4n) is 8.95. The Morgan fingerprint density at radius 1 is 0.866 bits per heavy atom. The Bertz CT molecular complexity index is 2420. The fourth-order valence-corrected chi connectivity index (χ4v) is 8.95. The largest absolute Gasteiger partial charge is 0.480 e. The van der Waals surface area contributed by atoms with Gasteiger partial charge in [0.1, 0.15) is 54.4 Å². The number of guanidine groups is 1. The van der Waals surface area contributed by atoms with Gasteiger partial charge in [-0.05, 0) is 48.6 Å². The molecule has 7 amide bonds. The van der Waals surface area contributed by atoms with E-state index in [1.165, 1.54) is 6.33 Å². The molecule has 4 aliphatic heterocycles. The number of hydrogen-bond donors (Lipinski definition) is 11. The van der Waals surface area contributed by atoms with Gasteiger partial charge in [0, 0.05) is 54.4 Å². The van der Waals surface area contributed by atoms with Crippen molar-refractivity contribution in [3.8, 4) is 5.82 Å². The average Bonchev–Trinajstić information content (AvgIpc) is 4.01. The summed E-state index contributed by atoms with van der Waals surface area (Å²) in [6, 6.07) is -3.24. The van der Waals surface area contributed by atoms with Gasteiger partial charge in [-0.3, -0.25) is 43.1 Å². The number of carbonyl (C=O) groups is 8. The normalized spacial score (nSPS) is 25.7. The maximum Gasteiger partial charge on any atom is 0.326 e. The minimum Gasteiger partial charge on any atom is -0.480 e. The van der Waals surface area contributed by atoms with Crippen molar-refractivity contribution in [3.63, 3.8) is 0 Å². The molecule has 3 aromatic rings. The van der Waals surface area contributed by atoms with Gasteiger partial charge in [-0.15, -0.1) is 0 Å². The molecular formula is C45H63N13O9. The third-order valence-corrected chi connectivity index (χ3v) is 12.8. The lowest BCUT2D eigenvalue weighted by Crippen LogP contribution is -2.62. The summed E-state index contributed by atoms with van der Waals surface area (Å²) in [5.41, 5.74) is 13.0. The molecule has 1 saturated heterocycles. The molecule has 22 nitrogen and oxygen atoms in total. The van der Waals surface area contributed by atoms with E-state index < -0.39 is 101 Å². The van der Waals surface area contributed by atoms with E-state index in [0.29, 0.717) is 40.0 Å². The van der Waals surface area contributed by atoms with Crippen LogP contribution < -0.4 is 48.7 Å². The Hall–Kier alpha value is -7.00. The van der Waals surface area contributed by atoms with Gasteiger partial charge in [-0.1, -0.05) is 60.1 Å². The minimum absolute atomic E-state index is 0.0156. The molecule has 1 fully saturated rings. The van der Waals surface area contributed by atoms with E-state index in [0.717, 1.165) is 0 Å². The highest BCUT2D eigenvalue weighted by Crippen LogP contribution is 2.35. The number of carboxylic acid groups (broad SMARTS) is 1. The van der Waals surface area contributed by atoms with Gasteiger partial charge in [0.2, 0.25) is 41.4 Å². The second-order valence-corrected chi connectivity index (χ2v) is 18.4. The zero-order valence-electron chi connectivity index (χ0n) is 38.6. The highest BCUT2D eigenvalue weighted by atomic mass is 16.4. The lowest BCUT2D eigenvalue weighted by Gasteiger charge is -2.34. The number of aliphatic imine (C=N–C) groups is 1. The van der Waals surface area contributed by atoms with Gasteiger partial charge < -0.3 is 58.8 Å². The first-order valence-corrected chi connectivity index (χ1v) is 22.8. The molecule has 9 atom stereocenters. The Labute approximate surface area is 387 Å². The molecule has 4 aliphatic rings. The number of carbonyl (C=O) groups excluding carboxylic acids is 7. The minimum atomic E-state index is -1.45. The van der Waals surface area contributed by atoms with Crippen LogP contribution in [0.4, 0.5) is 0 Å². The first-order valence-electron chi connectivity index (χ1n) is 22.8. The van der Waals surface area contributed by atoms with E-state index in [9.17, 15) is 43.5 Å². The van der Waals surface area contributed by atoms with E-state index >= 15 is 0 Å². The SMILES string of the molecule is CC[C@@H](C)[C@@H]1NC(=O)[C@@H](NC(=O)[C@@H]2CCC(=O)N2)[C@H](C(C)C)c2ccc3c4c([nH]c3c2)-n2cnc(c2)C[C@@H](C(=O)O)NC(=O)[C@H](CCCN=C(N)N)NC(=O)[C@H](C4)NC(=O)[C@H](C(C)C)NC1=O. The monoisotopic (exact) mass is 929 g/mol. The molecule has 0 aliphatic carbocycles. The van der Waals surface area contributed by atoms with Crippen LogP contribution in [-0.2, 0) is 51.2 Å². The quantitative estimate of drug-likeness (QED) is 0.0489. The maximum absolute atomic E-state index is 14.8. The molecule has 0 radical (unpaired) electrons. The maximum atomic E-state index is 14.8. The zero-order chi connectivity index (χ0) is 48.9. The molecule has 362 valence electrons. The number of carboxylic acids is 1. The van der Waals surface area contributed by atoms with Gasteiger partial charge in [0.15, 0.2) is 5.96 Å². The number of benzene rings is 1. The standard InChI is InChI=1S/C45H63N13O9/c1-7-22(6)35-42(64)55-34(21(4)5)41(63)53-30-17-26-25-11-10-23(33(20(2)3)36(43(65)56-35)57-39(61)28-12-13-32(59)50-28)15-29(25)51-37(26)58-18-24(49-19-58)16-31(44(66)67)54-38(60)27(52-40(30)62)9-8-14-48-45(46)47/h10-11,15,18-22,27-28,30-31,33-36,51H,7-9,12-14,16-17H2,1-6H3,(H,50,59)(H,52,62)(H,53,63)(H,54,60)(H,55,64)(H,56,65)(H,57,61)(H,66,67)(H4,46,47,48)/t22-,27+,28+,30+,31+,33-,34+,35+,36+/m1/s1. The van der Waals surface area contributed by atoms with Gasteiger partial charge >= 0.3 is 5.97 Å². The number of amides is 7. The average molecular weight is 930 g/mol. The summed E-state index contributed by atoms with van der Waals surface area (Å²) in [6.07, 6.45) is 3.71. The molecule has 0 saturated carbocycles. The van der Waals surface area contributed by atoms with Gasteiger partial charge in [-0.2, -0.15) is 0 Å². The fraction of sp³-hybridized carbons (Fsp3) is 0.556. The number of fused-ring (bicyclic) bond motifs is 13. The highest BCUT2D eigenvalue weighted by Gasteiger charge is 2.41. The third-order valence-electron chi connectivity index (χ3n) is 12.8. The van der Waals surface area contributed by atoms with E-state index in [1.54, 1.807) is 31.5 Å². The van der Waals surface area contributed by atoms with Crippen LogP contribution in [0.1, 0.15) is 96.4 Å². The smallest absolute Gasteiger partial charge is 0.326 e. The lowest BCUT2D eigenvalue weighted by atomic mass is 9.81. The molecule has 7 rings (SSSR count). The third kappa shape index (κ3) is 11.5. The van der Waals surface area contributed by atoms with Crippen molar-refractivity contribution < 1.29 is 43.5 Å². The van der Waals surface area contributed by atoms with E-state index in [4.69, 9.17) is 11.5 Å². The van der Waals surface area contributed by atoms with Gasteiger partial charge in [0.05, 0.1) is 5.69 Å². The second-order valence-electron chi connectivity index (χ2n) is 18.4. The first-order chi connectivity index (χ1) is 31.8. The summed E-state index contributed by atoms with van der Waals surface area (Å²) in [6.45, 7) is 10.9. The van der Waals surface area contributed by atoms with Crippen LogP contribution in [0.25, 0.3) is 16.7 Å². The van der Waals surface area contributed by atoms with Crippen LogP contribution >= 0.6 is 0 Å². The Morgan fingerprint density at radius 2 is 1.58 bits per heavy atom. The summed E-state index contributed by atoms with van der Waals surface area (Å²) in [5, 5.41) is 30.3. The van der Waals surface area contributed by atoms with Crippen LogP contribution in [0.5, 0.6) is 0 Å². The Balaban J connectivity index is 1.56. The van der Waals surface area contributed by atoms with Crippen molar-refractivity contribution in [1.29, 1.82) is 0 Å². The number of rotatable bonds is 11. The number of H-pyrrole nitrogens is 1. The zero-order valence-corrected chi connectivity index (χ0v) is 38.6. The van der Waals surface area contributed by atoms with Gasteiger partial charge in [0.25, 0.3) is 0 Å². The predicted molar refractivity (Wildman–Crippen MR) is 245 cm³/mol. The highest BCUT2D eigenvalue weighted by molar-refractivity contribution is 5.99. The van der Waals surface area contributed by atoms with Crippen LogP contribution in [-0.4, -0.2) is 122 Å². The number of imidazole rings is 1. The summed E-state index contributed by atoms with van der Waals surface area (Å²) < 4.78 is 1.62. The first kappa shape index (κ1) is 49.4. The summed E-state index contributed by atoms with van der Waals surface area (Å²) in [4.78, 5) is 123. The van der Waals surface area contributed by atoms with Crippen LogP contribution in [0.15, 0.2) is 35.7 Å². The van der Waals surface area contributed by atoms with Crippen molar-refractivity contribution in [3.05, 3.63) is 47.5 Å². The molecular weight excluding hydrogens is 867 g/mol. The number of nitrogens with two attached hydrogens (primary N) is 2. The molecule has 0 spiro atoms. The second kappa shape index (κ2) is 21.1. The topological polar surface area (TPSA) is 339 Å². The predicted octanol–water partition coefficient (Wildman–Crippen LogP) is -0.767. The molecule has 13 N–H and O–H groups in total. The van der Waals surface area contributed by atoms with E-state index in [-0.39, 0.29) is 62.9 Å². The number of aromatic nitrogens is 3. The molecule has 22 heteroatoms. The summed E-state index contributed by atoms with van der Waals surface area (Å²) in [5.74, 6) is -7.59. The number of nitrogens with zero attached hydrogens (tertiary/aromatic N) is 3. The van der Waals surface area contributed by atoms with E-state index in [1.807, 2.05) is 39.0 Å². The van der Waals surface area contributed by atoms with Crippen LogP contribution in [0, 0.1) is 17.8 Å². The Morgan fingerprint density at radius 3 is 2.22 bits per heavy atom. The summed E-state index contributed by atoms with van der Waals surface area (Å²) >= 11 is 0. The molecule has 0 unspecified atom stereocenters. The van der Waals surface area contributed by atoms with Crippen molar-refractivity contribution in [2.75, 3.05) is 6.54 Å². The van der Waals surface area contributed by atoms with Crippen molar-refractivity contribution >= 4 is 64.2 Å². The number of aliphatic carboxylic acids is 1. The lowest BCUT2D eigenvalue weighted by molar-refractivity contribution is -0.142. The number of aromatic amines is 1.